The van der Waals surface area contributed by atoms with Gasteiger partial charge in [0.05, 0.1) is 24.2 Å². The molecule has 1 unspecified atom stereocenters. The summed E-state index contributed by atoms with van der Waals surface area (Å²) in [6.07, 6.45) is 0. The van der Waals surface area contributed by atoms with Gasteiger partial charge in [0.2, 0.25) is 5.91 Å². The number of carbonyl (C=O) groups excluding carboxylic acids is 2. The molecule has 0 spiro atoms. The van der Waals surface area contributed by atoms with Crippen LogP contribution in [0.15, 0.2) is 18.2 Å². The van der Waals surface area contributed by atoms with Gasteiger partial charge in [-0.3, -0.25) is 9.59 Å². The average molecular weight is 359 g/mol. The molecule has 1 atom stereocenters. The maximum Gasteiger partial charge on any atom is 0.277 e. The van der Waals surface area contributed by atoms with Gasteiger partial charge in [-0.05, 0) is 32.9 Å². The number of nitrogens with zero attached hydrogens (tertiary/aromatic N) is 1. The number of likely N-dealkylation sites (N-methyl/N-ethyl adjacent to an activating group) is 2. The van der Waals surface area contributed by atoms with Crippen molar-refractivity contribution in [1.29, 1.82) is 0 Å². The molecule has 0 aliphatic carbocycles. The summed E-state index contributed by atoms with van der Waals surface area (Å²) in [5.41, 5.74) is 0.0440. The fourth-order valence-corrected chi connectivity index (χ4v) is 2.45. The fraction of sp³-hybridized carbons (Fsp3) is 0.529. The fourth-order valence-electron chi connectivity index (χ4n) is 2.22. The van der Waals surface area contributed by atoms with Crippen LogP contribution in [0.2, 0.25) is 5.02 Å². The number of amides is 2. The summed E-state index contributed by atoms with van der Waals surface area (Å²) in [6.45, 7) is 6.06. The van der Waals surface area contributed by atoms with E-state index in [2.05, 4.69) is 5.32 Å². The van der Waals surface area contributed by atoms with Crippen LogP contribution in [-0.4, -0.2) is 49.4 Å². The van der Waals surface area contributed by atoms with Crippen molar-refractivity contribution in [3.8, 4) is 0 Å². The van der Waals surface area contributed by atoms with Gasteiger partial charge in [-0.1, -0.05) is 17.7 Å². The zero-order valence-electron chi connectivity index (χ0n) is 14.9. The van der Waals surface area contributed by atoms with Crippen LogP contribution in [-0.2, 0) is 16.1 Å². The second-order valence-electron chi connectivity index (χ2n) is 7.06. The van der Waals surface area contributed by atoms with Crippen molar-refractivity contribution in [3.05, 3.63) is 34.6 Å². The Bertz CT molecular complexity index is 582. The molecule has 0 heterocycles. The molecule has 2 N–H and O–H groups in total. The van der Waals surface area contributed by atoms with Gasteiger partial charge in [-0.25, -0.2) is 4.39 Å². The van der Waals surface area contributed by atoms with Crippen molar-refractivity contribution in [2.45, 2.75) is 32.9 Å². The van der Waals surface area contributed by atoms with E-state index in [1.54, 1.807) is 26.2 Å². The lowest BCUT2D eigenvalue weighted by atomic mass is 10.1. The first-order valence-electron chi connectivity index (χ1n) is 7.79. The Morgan fingerprint density at radius 2 is 1.96 bits per heavy atom. The van der Waals surface area contributed by atoms with Crippen LogP contribution < -0.4 is 10.2 Å². The minimum atomic E-state index is -0.382. The zero-order valence-corrected chi connectivity index (χ0v) is 15.6. The summed E-state index contributed by atoms with van der Waals surface area (Å²) >= 11 is 6.00. The van der Waals surface area contributed by atoms with Gasteiger partial charge in [0, 0.05) is 12.6 Å². The zero-order chi connectivity index (χ0) is 18.5. The van der Waals surface area contributed by atoms with Gasteiger partial charge in [-0.2, -0.15) is 0 Å². The van der Waals surface area contributed by atoms with E-state index in [4.69, 9.17) is 11.6 Å². The summed E-state index contributed by atoms with van der Waals surface area (Å²) in [7, 11) is 3.36. The molecule has 2 amide bonds. The molecule has 0 aromatic heterocycles. The van der Waals surface area contributed by atoms with Crippen molar-refractivity contribution in [2.24, 2.45) is 0 Å². The van der Waals surface area contributed by atoms with Crippen LogP contribution in [0.3, 0.4) is 0 Å². The van der Waals surface area contributed by atoms with Gasteiger partial charge < -0.3 is 15.1 Å². The highest BCUT2D eigenvalue weighted by molar-refractivity contribution is 6.31. The second-order valence-corrected chi connectivity index (χ2v) is 7.47. The van der Waals surface area contributed by atoms with Crippen LogP contribution in [0.25, 0.3) is 0 Å². The number of rotatable bonds is 6. The highest BCUT2D eigenvalue weighted by Gasteiger charge is 2.21. The van der Waals surface area contributed by atoms with E-state index in [1.807, 2.05) is 20.8 Å². The van der Waals surface area contributed by atoms with Crippen molar-refractivity contribution in [2.75, 3.05) is 27.2 Å². The minimum absolute atomic E-state index is 0.0101. The number of carbonyl (C=O) groups is 2. The average Bonchev–Trinajstić information content (AvgIpc) is 2.40. The van der Waals surface area contributed by atoms with E-state index in [0.29, 0.717) is 17.1 Å². The lowest BCUT2D eigenvalue weighted by molar-refractivity contribution is -0.885. The Hall–Kier alpha value is -1.66. The second kappa shape index (κ2) is 8.44. The summed E-state index contributed by atoms with van der Waals surface area (Å²) in [6, 6.07) is 4.51. The lowest BCUT2D eigenvalue weighted by Gasteiger charge is -2.24. The number of quaternary nitrogens is 1. The highest BCUT2D eigenvalue weighted by Crippen LogP contribution is 2.17. The number of nitrogens with one attached hydrogen (secondary N) is 2. The molecule has 0 aliphatic rings. The Balaban J connectivity index is 2.56. The highest BCUT2D eigenvalue weighted by atomic mass is 35.5. The summed E-state index contributed by atoms with van der Waals surface area (Å²) in [5, 5.41) is 3.15. The Morgan fingerprint density at radius 1 is 1.33 bits per heavy atom. The molecule has 1 aromatic rings. The van der Waals surface area contributed by atoms with Gasteiger partial charge in [0.15, 0.2) is 6.54 Å². The quantitative estimate of drug-likeness (QED) is 0.792. The standard InChI is InChI=1S/C17H25ClFN3O2/c1-17(2,3)20-15(23)10-22(5)16(24)11-21(4)9-12-13(18)7-6-8-14(12)19/h6-8H,9-11H2,1-5H3,(H,20,23)/p+1. The van der Waals surface area contributed by atoms with Gasteiger partial charge in [0.1, 0.15) is 12.4 Å². The number of benzene rings is 1. The van der Waals surface area contributed by atoms with Crippen molar-refractivity contribution < 1.29 is 18.9 Å². The van der Waals surface area contributed by atoms with E-state index in [1.165, 1.54) is 11.0 Å². The van der Waals surface area contributed by atoms with Crippen molar-refractivity contribution in [3.63, 3.8) is 0 Å². The number of hydrogen-bond donors (Lipinski definition) is 2. The largest absolute Gasteiger partial charge is 0.350 e. The van der Waals surface area contributed by atoms with Crippen LogP contribution in [0.5, 0.6) is 0 Å². The molecule has 1 aromatic carbocycles. The third kappa shape index (κ3) is 6.84. The molecule has 0 saturated carbocycles. The summed E-state index contributed by atoms with van der Waals surface area (Å²) < 4.78 is 13.8. The molecule has 1 rings (SSSR count). The Morgan fingerprint density at radius 3 is 2.50 bits per heavy atom. The molecule has 0 aliphatic heterocycles. The Labute approximate surface area is 147 Å². The maximum absolute atomic E-state index is 13.8. The number of hydrogen-bond acceptors (Lipinski definition) is 2. The third-order valence-corrected chi connectivity index (χ3v) is 3.67. The van der Waals surface area contributed by atoms with Gasteiger partial charge in [-0.15, -0.1) is 0 Å². The molecule has 134 valence electrons. The number of halogens is 2. The normalized spacial score (nSPS) is 12.6. The molecule has 24 heavy (non-hydrogen) atoms. The molecule has 0 bridgehead atoms. The Kier molecular flexibility index (Phi) is 7.17. The summed E-state index contributed by atoms with van der Waals surface area (Å²) in [4.78, 5) is 26.2. The van der Waals surface area contributed by atoms with Crippen LogP contribution in [0.1, 0.15) is 26.3 Å². The molecule has 0 radical (unpaired) electrons. The smallest absolute Gasteiger partial charge is 0.277 e. The van der Waals surface area contributed by atoms with E-state index in [9.17, 15) is 14.0 Å². The minimum Gasteiger partial charge on any atom is -0.350 e. The van der Waals surface area contributed by atoms with Crippen molar-refractivity contribution in [1.82, 2.24) is 10.2 Å². The van der Waals surface area contributed by atoms with Crippen LogP contribution >= 0.6 is 11.6 Å². The monoisotopic (exact) mass is 358 g/mol. The molecule has 5 nitrogen and oxygen atoms in total. The predicted octanol–water partition coefficient (Wildman–Crippen LogP) is 0.867. The predicted molar refractivity (Wildman–Crippen MR) is 92.4 cm³/mol. The van der Waals surface area contributed by atoms with Gasteiger partial charge in [0.25, 0.3) is 5.91 Å². The molecule has 0 saturated heterocycles. The van der Waals surface area contributed by atoms with Crippen molar-refractivity contribution >= 4 is 23.4 Å². The molecular weight excluding hydrogens is 333 g/mol. The first-order valence-corrected chi connectivity index (χ1v) is 8.16. The van der Waals surface area contributed by atoms with E-state index < -0.39 is 0 Å². The van der Waals surface area contributed by atoms with E-state index in [0.717, 1.165) is 4.90 Å². The molecule has 0 fully saturated rings. The van der Waals surface area contributed by atoms with Gasteiger partial charge >= 0.3 is 0 Å². The lowest BCUT2D eigenvalue weighted by Crippen LogP contribution is -3.09. The maximum atomic E-state index is 13.8. The van der Waals surface area contributed by atoms with Crippen LogP contribution in [0, 0.1) is 5.82 Å². The summed E-state index contributed by atoms with van der Waals surface area (Å²) in [5.74, 6) is -0.788. The first-order chi connectivity index (χ1) is 11.0. The molecular formula is C17H26ClFN3O2+. The molecule has 7 heteroatoms. The van der Waals surface area contributed by atoms with Crippen LogP contribution in [0.4, 0.5) is 4.39 Å². The SMILES string of the molecule is CN(CC(=O)NC(C)(C)C)C(=O)C[NH+](C)Cc1c(F)cccc1Cl. The van der Waals surface area contributed by atoms with E-state index >= 15 is 0 Å². The third-order valence-electron chi connectivity index (χ3n) is 3.31. The first kappa shape index (κ1) is 20.4. The van der Waals surface area contributed by atoms with E-state index in [-0.39, 0.29) is 36.3 Å². The topological polar surface area (TPSA) is 53.9 Å².